The van der Waals surface area contributed by atoms with E-state index in [1.165, 1.54) is 5.56 Å². The first kappa shape index (κ1) is 15.9. The number of morpholine rings is 1. The highest BCUT2D eigenvalue weighted by Crippen LogP contribution is 2.42. The molecule has 0 amide bonds. The molecule has 3 aliphatic rings. The summed E-state index contributed by atoms with van der Waals surface area (Å²) in [4.78, 5) is 5.15. The molecule has 3 heterocycles. The Kier molecular flexibility index (Phi) is 4.61. The Morgan fingerprint density at radius 3 is 2.87 bits per heavy atom. The molecule has 0 bridgehead atoms. The summed E-state index contributed by atoms with van der Waals surface area (Å²) >= 11 is 6.13. The van der Waals surface area contributed by atoms with Gasteiger partial charge in [-0.3, -0.25) is 9.80 Å². The quantitative estimate of drug-likeness (QED) is 0.841. The second-order valence-corrected chi connectivity index (χ2v) is 7.70. The number of likely N-dealkylation sites (tertiary alicyclic amines) is 1. The number of nitrogens with zero attached hydrogens (tertiary/aromatic N) is 2. The lowest BCUT2D eigenvalue weighted by Crippen LogP contribution is -2.47. The van der Waals surface area contributed by atoms with Gasteiger partial charge in [-0.15, -0.1) is 0 Å². The van der Waals surface area contributed by atoms with Gasteiger partial charge in [-0.05, 0) is 17.7 Å². The van der Waals surface area contributed by atoms with E-state index in [0.29, 0.717) is 11.3 Å². The molecule has 23 heavy (non-hydrogen) atoms. The Balaban J connectivity index is 1.43. The van der Waals surface area contributed by atoms with Crippen molar-refractivity contribution in [2.75, 3.05) is 59.2 Å². The maximum absolute atomic E-state index is 6.13. The molecule has 3 fully saturated rings. The maximum Gasteiger partial charge on any atom is 0.0594 e. The Morgan fingerprint density at radius 2 is 2.04 bits per heavy atom. The van der Waals surface area contributed by atoms with Gasteiger partial charge in [-0.2, -0.15) is 0 Å². The highest BCUT2D eigenvalue weighted by Gasteiger charge is 2.51. The van der Waals surface area contributed by atoms with Gasteiger partial charge in [-0.25, -0.2) is 0 Å². The van der Waals surface area contributed by atoms with E-state index in [2.05, 4.69) is 21.9 Å². The van der Waals surface area contributed by atoms with Crippen molar-refractivity contribution < 1.29 is 9.47 Å². The van der Waals surface area contributed by atoms with E-state index in [0.717, 1.165) is 70.7 Å². The summed E-state index contributed by atoms with van der Waals surface area (Å²) in [5.74, 6) is 0.657. The fourth-order valence-corrected chi connectivity index (χ4v) is 4.60. The number of fused-ring (bicyclic) bond motifs is 1. The van der Waals surface area contributed by atoms with Gasteiger partial charge in [0.25, 0.3) is 0 Å². The molecular weight excluding hydrogens is 312 g/mol. The molecule has 5 heteroatoms. The molecule has 0 saturated carbocycles. The summed E-state index contributed by atoms with van der Waals surface area (Å²) in [5, 5.41) is 0.827. The van der Waals surface area contributed by atoms with Gasteiger partial charge >= 0.3 is 0 Å². The Hall–Kier alpha value is -0.650. The number of benzene rings is 1. The Labute approximate surface area is 143 Å². The zero-order chi connectivity index (χ0) is 15.7. The number of rotatable bonds is 4. The first-order valence-corrected chi connectivity index (χ1v) is 8.96. The van der Waals surface area contributed by atoms with Crippen LogP contribution in [0.3, 0.4) is 0 Å². The molecule has 0 spiro atoms. The van der Waals surface area contributed by atoms with Gasteiger partial charge in [-0.1, -0.05) is 23.7 Å². The molecule has 4 nitrogen and oxygen atoms in total. The summed E-state index contributed by atoms with van der Waals surface area (Å²) < 4.78 is 11.4. The largest absolute Gasteiger partial charge is 0.380 e. The molecular formula is C18H25ClN2O2. The smallest absolute Gasteiger partial charge is 0.0594 e. The van der Waals surface area contributed by atoms with Gasteiger partial charge in [0, 0.05) is 55.6 Å². The van der Waals surface area contributed by atoms with Crippen LogP contribution in [0.15, 0.2) is 24.3 Å². The molecule has 0 radical (unpaired) electrons. The Bertz CT molecular complexity index is 550. The van der Waals surface area contributed by atoms with Gasteiger partial charge in [0.05, 0.1) is 26.4 Å². The van der Waals surface area contributed by atoms with Crippen molar-refractivity contribution in [3.8, 4) is 0 Å². The zero-order valence-electron chi connectivity index (χ0n) is 13.5. The summed E-state index contributed by atoms with van der Waals surface area (Å²) in [7, 11) is 0. The number of hydrogen-bond acceptors (Lipinski definition) is 4. The van der Waals surface area contributed by atoms with Crippen molar-refractivity contribution in [1.29, 1.82) is 0 Å². The first-order chi connectivity index (χ1) is 11.2. The minimum Gasteiger partial charge on any atom is -0.380 e. The summed E-state index contributed by atoms with van der Waals surface area (Å²) in [6.07, 6.45) is 0. The SMILES string of the molecule is Clc1cccc(CN2C[C@H]3COC[C@@]3(CN3CCOCC3)C2)c1. The van der Waals surface area contributed by atoms with Gasteiger partial charge in [0.1, 0.15) is 0 Å². The second kappa shape index (κ2) is 6.69. The van der Waals surface area contributed by atoms with Crippen molar-refractivity contribution in [2.45, 2.75) is 6.54 Å². The van der Waals surface area contributed by atoms with E-state index in [-0.39, 0.29) is 0 Å². The standard InChI is InChI=1S/C18H25ClN2O2/c19-17-3-1-2-15(8-17)9-21-10-16-11-23-14-18(16,13-21)12-20-4-6-22-7-5-20/h1-3,8,16H,4-7,9-14H2/t16-,18+/m0/s1. The van der Waals surface area contributed by atoms with Crippen molar-refractivity contribution in [1.82, 2.24) is 9.80 Å². The lowest BCUT2D eigenvalue weighted by Gasteiger charge is -2.36. The van der Waals surface area contributed by atoms with Crippen LogP contribution in [-0.4, -0.2) is 69.0 Å². The third-order valence-corrected chi connectivity index (χ3v) is 5.76. The van der Waals surface area contributed by atoms with E-state index < -0.39 is 0 Å². The summed E-state index contributed by atoms with van der Waals surface area (Å²) in [6, 6.07) is 8.24. The van der Waals surface area contributed by atoms with Crippen LogP contribution in [0.2, 0.25) is 5.02 Å². The van der Waals surface area contributed by atoms with Crippen LogP contribution in [0.5, 0.6) is 0 Å². The van der Waals surface area contributed by atoms with E-state index in [1.54, 1.807) is 0 Å². The highest BCUT2D eigenvalue weighted by molar-refractivity contribution is 6.30. The molecule has 0 aliphatic carbocycles. The molecule has 3 aliphatic heterocycles. The lowest BCUT2D eigenvalue weighted by atomic mass is 9.80. The second-order valence-electron chi connectivity index (χ2n) is 7.26. The highest BCUT2D eigenvalue weighted by atomic mass is 35.5. The monoisotopic (exact) mass is 336 g/mol. The predicted molar refractivity (Wildman–Crippen MR) is 90.7 cm³/mol. The topological polar surface area (TPSA) is 24.9 Å². The van der Waals surface area contributed by atoms with Crippen LogP contribution in [0, 0.1) is 11.3 Å². The molecule has 2 atom stereocenters. The fourth-order valence-electron chi connectivity index (χ4n) is 4.39. The third kappa shape index (κ3) is 3.42. The average Bonchev–Trinajstić information content (AvgIpc) is 3.04. The number of hydrogen-bond donors (Lipinski definition) is 0. The zero-order valence-corrected chi connectivity index (χ0v) is 14.3. The Morgan fingerprint density at radius 1 is 1.17 bits per heavy atom. The minimum absolute atomic E-state index is 0.302. The molecule has 1 aromatic carbocycles. The molecule has 0 N–H and O–H groups in total. The van der Waals surface area contributed by atoms with Crippen LogP contribution in [-0.2, 0) is 16.0 Å². The van der Waals surface area contributed by atoms with Gasteiger partial charge in [0.15, 0.2) is 0 Å². The normalized spacial score (nSPS) is 32.3. The number of halogens is 1. The maximum atomic E-state index is 6.13. The van der Waals surface area contributed by atoms with E-state index in [4.69, 9.17) is 21.1 Å². The van der Waals surface area contributed by atoms with Crippen LogP contribution in [0.1, 0.15) is 5.56 Å². The predicted octanol–water partition coefficient (Wildman–Crippen LogP) is 2.12. The molecule has 3 saturated heterocycles. The van der Waals surface area contributed by atoms with Crippen LogP contribution in [0.4, 0.5) is 0 Å². The van der Waals surface area contributed by atoms with E-state index >= 15 is 0 Å². The third-order valence-electron chi connectivity index (χ3n) is 5.53. The van der Waals surface area contributed by atoms with Crippen LogP contribution >= 0.6 is 11.6 Å². The van der Waals surface area contributed by atoms with E-state index in [9.17, 15) is 0 Å². The van der Waals surface area contributed by atoms with Crippen molar-refractivity contribution in [2.24, 2.45) is 11.3 Å². The van der Waals surface area contributed by atoms with Crippen molar-refractivity contribution in [3.63, 3.8) is 0 Å². The molecule has 4 rings (SSSR count). The number of ether oxygens (including phenoxy) is 2. The summed E-state index contributed by atoms with van der Waals surface area (Å²) in [6.45, 7) is 10.1. The first-order valence-electron chi connectivity index (χ1n) is 8.58. The van der Waals surface area contributed by atoms with Crippen LogP contribution in [0.25, 0.3) is 0 Å². The molecule has 0 unspecified atom stereocenters. The molecule has 0 aromatic heterocycles. The molecule has 126 valence electrons. The summed E-state index contributed by atoms with van der Waals surface area (Å²) in [5.41, 5.74) is 1.61. The fraction of sp³-hybridized carbons (Fsp3) is 0.667. The van der Waals surface area contributed by atoms with Gasteiger partial charge in [0.2, 0.25) is 0 Å². The lowest BCUT2D eigenvalue weighted by molar-refractivity contribution is 0.0102. The minimum atomic E-state index is 0.302. The molecule has 1 aromatic rings. The van der Waals surface area contributed by atoms with Crippen LogP contribution < -0.4 is 0 Å². The van der Waals surface area contributed by atoms with Crippen molar-refractivity contribution >= 4 is 11.6 Å². The van der Waals surface area contributed by atoms with Gasteiger partial charge < -0.3 is 9.47 Å². The van der Waals surface area contributed by atoms with Crippen molar-refractivity contribution in [3.05, 3.63) is 34.9 Å². The average molecular weight is 337 g/mol. The van der Waals surface area contributed by atoms with E-state index in [1.807, 2.05) is 12.1 Å².